The fourth-order valence-electron chi connectivity index (χ4n) is 1.87. The highest BCUT2D eigenvalue weighted by atomic mass is 19.1. The topological polar surface area (TPSA) is 64.2 Å². The van der Waals surface area contributed by atoms with Gasteiger partial charge in [0.25, 0.3) is 0 Å². The molecule has 0 saturated carbocycles. The number of benzene rings is 1. The van der Waals surface area contributed by atoms with Crippen molar-refractivity contribution in [1.29, 1.82) is 0 Å². The van der Waals surface area contributed by atoms with Crippen LogP contribution in [0.25, 0.3) is 0 Å². The molecule has 6 heteroatoms. The van der Waals surface area contributed by atoms with Gasteiger partial charge in [-0.25, -0.2) is 4.39 Å². The SMILES string of the molecule is Cn1ccn(Cc2cc(F)cc(C#CCO)c2)c(=O)c1=O. The van der Waals surface area contributed by atoms with E-state index in [2.05, 4.69) is 11.8 Å². The Kier molecular flexibility index (Phi) is 4.36. The summed E-state index contributed by atoms with van der Waals surface area (Å²) in [5.74, 6) is 4.54. The molecule has 0 saturated heterocycles. The molecule has 2 aromatic rings. The molecule has 0 aliphatic heterocycles. The van der Waals surface area contributed by atoms with Gasteiger partial charge in [-0.1, -0.05) is 11.8 Å². The van der Waals surface area contributed by atoms with Crippen LogP contribution < -0.4 is 11.1 Å². The average molecular weight is 288 g/mol. The highest BCUT2D eigenvalue weighted by Gasteiger charge is 2.05. The van der Waals surface area contributed by atoms with Gasteiger partial charge >= 0.3 is 11.1 Å². The third kappa shape index (κ3) is 3.46. The summed E-state index contributed by atoms with van der Waals surface area (Å²) < 4.78 is 15.9. The van der Waals surface area contributed by atoms with E-state index in [1.807, 2.05) is 0 Å². The number of hydrogen-bond donors (Lipinski definition) is 1. The molecule has 0 atom stereocenters. The van der Waals surface area contributed by atoms with E-state index in [4.69, 9.17) is 5.11 Å². The molecule has 2 rings (SSSR count). The Hall–Kier alpha value is -2.65. The molecule has 1 aromatic heterocycles. The van der Waals surface area contributed by atoms with Crippen molar-refractivity contribution in [1.82, 2.24) is 9.13 Å². The highest BCUT2D eigenvalue weighted by Crippen LogP contribution is 2.09. The normalized spacial score (nSPS) is 10.0. The van der Waals surface area contributed by atoms with Gasteiger partial charge in [0.2, 0.25) is 0 Å². The van der Waals surface area contributed by atoms with Crippen molar-refractivity contribution in [2.75, 3.05) is 6.61 Å². The molecule has 0 unspecified atom stereocenters. The summed E-state index contributed by atoms with van der Waals surface area (Å²) in [6.07, 6.45) is 2.93. The van der Waals surface area contributed by atoms with Crippen LogP contribution in [0.4, 0.5) is 4.39 Å². The molecule has 0 aliphatic carbocycles. The molecule has 0 bridgehead atoms. The Morgan fingerprint density at radius 3 is 2.67 bits per heavy atom. The highest BCUT2D eigenvalue weighted by molar-refractivity contribution is 5.38. The molecule has 0 radical (unpaired) electrons. The van der Waals surface area contributed by atoms with E-state index >= 15 is 0 Å². The fraction of sp³-hybridized carbons (Fsp3) is 0.200. The smallest absolute Gasteiger partial charge is 0.316 e. The Balaban J connectivity index is 2.40. The lowest BCUT2D eigenvalue weighted by Crippen LogP contribution is -2.39. The second-order valence-electron chi connectivity index (χ2n) is 4.46. The summed E-state index contributed by atoms with van der Waals surface area (Å²) in [4.78, 5) is 23.4. The van der Waals surface area contributed by atoms with Crippen LogP contribution in [0.3, 0.4) is 0 Å². The van der Waals surface area contributed by atoms with E-state index in [0.29, 0.717) is 11.1 Å². The maximum atomic E-state index is 13.5. The van der Waals surface area contributed by atoms with Crippen molar-refractivity contribution in [3.05, 3.63) is 68.2 Å². The summed E-state index contributed by atoms with van der Waals surface area (Å²) in [5.41, 5.74) is -0.412. The lowest BCUT2D eigenvalue weighted by molar-refractivity contribution is 0.350. The Morgan fingerprint density at radius 1 is 1.19 bits per heavy atom. The first kappa shape index (κ1) is 14.8. The van der Waals surface area contributed by atoms with Crippen LogP contribution >= 0.6 is 0 Å². The van der Waals surface area contributed by atoms with Gasteiger partial charge in [-0.15, -0.1) is 0 Å². The number of aliphatic hydroxyl groups is 1. The first-order valence-corrected chi connectivity index (χ1v) is 6.16. The van der Waals surface area contributed by atoms with Crippen LogP contribution in [0.5, 0.6) is 0 Å². The third-order valence-corrected chi connectivity index (χ3v) is 2.86. The van der Waals surface area contributed by atoms with Crippen LogP contribution in [-0.4, -0.2) is 20.8 Å². The van der Waals surface area contributed by atoms with E-state index in [-0.39, 0.29) is 13.2 Å². The van der Waals surface area contributed by atoms with Crippen LogP contribution in [0, 0.1) is 17.7 Å². The van der Waals surface area contributed by atoms with Crippen molar-refractivity contribution in [3.8, 4) is 11.8 Å². The Labute approximate surface area is 119 Å². The second-order valence-corrected chi connectivity index (χ2v) is 4.46. The van der Waals surface area contributed by atoms with Crippen LogP contribution in [0.2, 0.25) is 0 Å². The van der Waals surface area contributed by atoms with Gasteiger partial charge in [-0.2, -0.15) is 0 Å². The summed E-state index contributed by atoms with van der Waals surface area (Å²) >= 11 is 0. The molecule has 0 fully saturated rings. The summed E-state index contributed by atoms with van der Waals surface area (Å²) in [6.45, 7) is -0.249. The van der Waals surface area contributed by atoms with Gasteiger partial charge in [-0.05, 0) is 23.8 Å². The Morgan fingerprint density at radius 2 is 1.95 bits per heavy atom. The molecule has 1 heterocycles. The van der Waals surface area contributed by atoms with E-state index < -0.39 is 16.9 Å². The lowest BCUT2D eigenvalue weighted by atomic mass is 10.1. The number of halogens is 1. The maximum Gasteiger partial charge on any atom is 0.316 e. The minimum atomic E-state index is -0.674. The van der Waals surface area contributed by atoms with Crippen LogP contribution in [0.1, 0.15) is 11.1 Å². The largest absolute Gasteiger partial charge is 0.384 e. The molecule has 0 aliphatic rings. The standard InChI is InChI=1S/C15H13FN2O3/c1-17-4-5-18(15(21)14(17)20)10-12-7-11(3-2-6-19)8-13(16)9-12/h4-5,7-9,19H,6,10H2,1H3. The van der Waals surface area contributed by atoms with Crippen LogP contribution in [0.15, 0.2) is 40.2 Å². The van der Waals surface area contributed by atoms with E-state index in [9.17, 15) is 14.0 Å². The van der Waals surface area contributed by atoms with Crippen molar-refractivity contribution in [2.45, 2.75) is 6.54 Å². The third-order valence-electron chi connectivity index (χ3n) is 2.86. The van der Waals surface area contributed by atoms with E-state index in [1.54, 1.807) is 6.07 Å². The molecule has 5 nitrogen and oxygen atoms in total. The molecular weight excluding hydrogens is 275 g/mol. The zero-order chi connectivity index (χ0) is 15.4. The molecule has 1 aromatic carbocycles. The first-order valence-electron chi connectivity index (χ1n) is 6.16. The van der Waals surface area contributed by atoms with Crippen molar-refractivity contribution in [3.63, 3.8) is 0 Å². The van der Waals surface area contributed by atoms with Crippen molar-refractivity contribution >= 4 is 0 Å². The quantitative estimate of drug-likeness (QED) is 0.628. The van der Waals surface area contributed by atoms with Crippen LogP contribution in [-0.2, 0) is 13.6 Å². The molecule has 0 spiro atoms. The summed E-state index contributed by atoms with van der Waals surface area (Å²) in [6, 6.07) is 4.11. The number of aryl methyl sites for hydroxylation is 1. The lowest BCUT2D eigenvalue weighted by Gasteiger charge is -2.07. The summed E-state index contributed by atoms with van der Waals surface area (Å²) in [7, 11) is 1.48. The zero-order valence-corrected chi connectivity index (χ0v) is 11.3. The first-order chi connectivity index (χ1) is 10.0. The van der Waals surface area contributed by atoms with Gasteiger partial charge in [-0.3, -0.25) is 9.59 Å². The molecule has 0 amide bonds. The summed E-state index contributed by atoms with van der Waals surface area (Å²) in [5, 5.41) is 8.64. The maximum absolute atomic E-state index is 13.5. The minimum Gasteiger partial charge on any atom is -0.384 e. The van der Waals surface area contributed by atoms with Gasteiger partial charge in [0.1, 0.15) is 12.4 Å². The molecule has 108 valence electrons. The van der Waals surface area contributed by atoms with Crippen molar-refractivity contribution in [2.24, 2.45) is 7.05 Å². The average Bonchev–Trinajstić information content (AvgIpc) is 2.45. The van der Waals surface area contributed by atoms with Gasteiger partial charge in [0, 0.05) is 25.0 Å². The molecular formula is C15H13FN2O3. The number of nitrogens with zero attached hydrogens (tertiary/aromatic N) is 2. The van der Waals surface area contributed by atoms with Gasteiger partial charge in [0.05, 0.1) is 6.54 Å². The predicted octanol–water partition coefficient (Wildman–Crippen LogP) is 0.0782. The van der Waals surface area contributed by atoms with Gasteiger partial charge in [0.15, 0.2) is 0 Å². The predicted molar refractivity (Wildman–Crippen MR) is 75.4 cm³/mol. The monoisotopic (exact) mass is 288 g/mol. The molecule has 1 N–H and O–H groups in total. The number of aliphatic hydroxyl groups excluding tert-OH is 1. The zero-order valence-electron chi connectivity index (χ0n) is 11.3. The van der Waals surface area contributed by atoms with E-state index in [0.717, 1.165) is 0 Å². The van der Waals surface area contributed by atoms with E-state index in [1.165, 1.54) is 40.7 Å². The molecule has 21 heavy (non-hydrogen) atoms. The number of rotatable bonds is 2. The van der Waals surface area contributed by atoms with Crippen molar-refractivity contribution < 1.29 is 9.50 Å². The van der Waals surface area contributed by atoms with Gasteiger partial charge < -0.3 is 14.2 Å². The second kappa shape index (κ2) is 6.20. The fourth-order valence-corrected chi connectivity index (χ4v) is 1.87. The minimum absolute atomic E-state index is 0.0699. The number of aromatic nitrogens is 2. The number of hydrogen-bond acceptors (Lipinski definition) is 3. The Bertz CT molecular complexity index is 840.